The average molecular weight is 326 g/mol. The predicted molar refractivity (Wildman–Crippen MR) is 83.2 cm³/mol. The third-order valence-electron chi connectivity index (χ3n) is 4.40. The molecule has 1 aromatic rings. The summed E-state index contributed by atoms with van der Waals surface area (Å²) in [5, 5.41) is 13.3. The molecule has 1 atom stereocenters. The van der Waals surface area contributed by atoms with Gasteiger partial charge >= 0.3 is 0 Å². The van der Waals surface area contributed by atoms with Gasteiger partial charge in [0.05, 0.1) is 0 Å². The van der Waals surface area contributed by atoms with Crippen LogP contribution < -0.4 is 5.32 Å². The molecule has 106 valence electrons. The lowest BCUT2D eigenvalue weighted by molar-refractivity contribution is 0.0789. The van der Waals surface area contributed by atoms with Crippen LogP contribution in [0.5, 0.6) is 0 Å². The first-order valence-electron chi connectivity index (χ1n) is 7.25. The topological polar surface area (TPSA) is 32.3 Å². The largest absolute Gasteiger partial charge is 0.396 e. The summed E-state index contributed by atoms with van der Waals surface area (Å²) < 4.78 is 1.11. The molecule has 1 aromatic carbocycles. The van der Waals surface area contributed by atoms with E-state index in [1.165, 1.54) is 24.8 Å². The van der Waals surface area contributed by atoms with Crippen molar-refractivity contribution in [2.45, 2.75) is 45.1 Å². The van der Waals surface area contributed by atoms with E-state index in [9.17, 15) is 5.11 Å². The molecule has 0 saturated heterocycles. The molecule has 19 heavy (non-hydrogen) atoms. The minimum absolute atomic E-state index is 0.113. The van der Waals surface area contributed by atoms with Gasteiger partial charge in [0.15, 0.2) is 0 Å². The van der Waals surface area contributed by atoms with Gasteiger partial charge < -0.3 is 10.4 Å². The first-order chi connectivity index (χ1) is 9.15. The van der Waals surface area contributed by atoms with Crippen molar-refractivity contribution >= 4 is 15.9 Å². The summed E-state index contributed by atoms with van der Waals surface area (Å²) in [6.45, 7) is 3.42. The Balaban J connectivity index is 1.91. The van der Waals surface area contributed by atoms with E-state index in [4.69, 9.17) is 0 Å². The zero-order valence-electron chi connectivity index (χ0n) is 11.7. The van der Waals surface area contributed by atoms with Crippen molar-refractivity contribution < 1.29 is 5.11 Å². The quantitative estimate of drug-likeness (QED) is 0.856. The maximum Gasteiger partial charge on any atom is 0.0499 e. The van der Waals surface area contributed by atoms with Gasteiger partial charge in [-0.2, -0.15) is 0 Å². The standard InChI is InChI=1S/C16H24BrNO/c1-13(14-5-7-15(17)8-6-14)18-11-16(12-19)9-3-2-4-10-16/h5-8,13,18-19H,2-4,9-12H2,1H3/t13-/m0/s1. The minimum Gasteiger partial charge on any atom is -0.396 e. The van der Waals surface area contributed by atoms with E-state index < -0.39 is 0 Å². The lowest BCUT2D eigenvalue weighted by Crippen LogP contribution is -2.39. The second-order valence-electron chi connectivity index (χ2n) is 5.87. The molecule has 2 rings (SSSR count). The number of aliphatic hydroxyl groups is 1. The maximum absolute atomic E-state index is 9.72. The van der Waals surface area contributed by atoms with Gasteiger partial charge in [0.2, 0.25) is 0 Å². The van der Waals surface area contributed by atoms with Crippen LogP contribution in [0.1, 0.15) is 50.6 Å². The summed E-state index contributed by atoms with van der Waals surface area (Å²) in [4.78, 5) is 0. The third kappa shape index (κ3) is 4.04. The molecular formula is C16H24BrNO. The molecule has 0 heterocycles. The fourth-order valence-corrected chi connectivity index (χ4v) is 3.20. The Kier molecular flexibility index (Phi) is 5.43. The number of benzene rings is 1. The highest BCUT2D eigenvalue weighted by Gasteiger charge is 2.31. The van der Waals surface area contributed by atoms with Gasteiger partial charge in [0, 0.05) is 29.1 Å². The molecule has 1 aliphatic rings. The molecule has 0 spiro atoms. The van der Waals surface area contributed by atoms with Crippen molar-refractivity contribution in [1.82, 2.24) is 5.32 Å². The Morgan fingerprint density at radius 1 is 1.21 bits per heavy atom. The van der Waals surface area contributed by atoms with Crippen LogP contribution >= 0.6 is 15.9 Å². The van der Waals surface area contributed by atoms with E-state index in [2.05, 4.69) is 52.4 Å². The fourth-order valence-electron chi connectivity index (χ4n) is 2.93. The molecule has 3 heteroatoms. The summed E-state index contributed by atoms with van der Waals surface area (Å²) in [6, 6.07) is 8.78. The number of hydrogen-bond donors (Lipinski definition) is 2. The van der Waals surface area contributed by atoms with Gasteiger partial charge in [0.25, 0.3) is 0 Å². The Morgan fingerprint density at radius 2 is 1.84 bits per heavy atom. The number of nitrogens with one attached hydrogen (secondary N) is 1. The van der Waals surface area contributed by atoms with Crippen LogP contribution in [-0.4, -0.2) is 18.3 Å². The summed E-state index contributed by atoms with van der Waals surface area (Å²) in [5.74, 6) is 0. The molecule has 2 N–H and O–H groups in total. The number of hydrogen-bond acceptors (Lipinski definition) is 2. The monoisotopic (exact) mass is 325 g/mol. The Labute approximate surface area is 124 Å². The Morgan fingerprint density at radius 3 is 2.42 bits per heavy atom. The summed E-state index contributed by atoms with van der Waals surface area (Å²) in [5.41, 5.74) is 1.41. The van der Waals surface area contributed by atoms with Gasteiger partial charge in [-0.3, -0.25) is 0 Å². The highest BCUT2D eigenvalue weighted by atomic mass is 79.9. The first-order valence-corrected chi connectivity index (χ1v) is 8.04. The Bertz CT molecular complexity index is 384. The van der Waals surface area contributed by atoms with Gasteiger partial charge in [-0.15, -0.1) is 0 Å². The van der Waals surface area contributed by atoms with Crippen molar-refractivity contribution in [2.24, 2.45) is 5.41 Å². The summed E-state index contributed by atoms with van der Waals surface area (Å²) in [7, 11) is 0. The second-order valence-corrected chi connectivity index (χ2v) is 6.79. The highest BCUT2D eigenvalue weighted by Crippen LogP contribution is 2.35. The maximum atomic E-state index is 9.72. The van der Waals surface area contributed by atoms with Gasteiger partial charge in [-0.1, -0.05) is 47.3 Å². The van der Waals surface area contributed by atoms with Crippen molar-refractivity contribution in [3.63, 3.8) is 0 Å². The highest BCUT2D eigenvalue weighted by molar-refractivity contribution is 9.10. The molecule has 1 saturated carbocycles. The zero-order valence-corrected chi connectivity index (χ0v) is 13.2. The smallest absolute Gasteiger partial charge is 0.0499 e. The minimum atomic E-state index is 0.113. The molecule has 0 amide bonds. The van der Waals surface area contributed by atoms with Gasteiger partial charge in [0.1, 0.15) is 0 Å². The molecule has 1 fully saturated rings. The second kappa shape index (κ2) is 6.87. The van der Waals surface area contributed by atoms with Crippen LogP contribution in [0.3, 0.4) is 0 Å². The lowest BCUT2D eigenvalue weighted by atomic mass is 9.74. The number of aliphatic hydroxyl groups excluding tert-OH is 1. The molecular weight excluding hydrogens is 302 g/mol. The van der Waals surface area contributed by atoms with E-state index in [0.29, 0.717) is 12.6 Å². The van der Waals surface area contributed by atoms with E-state index in [1.807, 2.05) is 0 Å². The lowest BCUT2D eigenvalue weighted by Gasteiger charge is -2.36. The molecule has 0 aromatic heterocycles. The number of halogens is 1. The zero-order chi connectivity index (χ0) is 13.7. The first kappa shape index (κ1) is 15.0. The van der Waals surface area contributed by atoms with Crippen molar-refractivity contribution in [1.29, 1.82) is 0 Å². The predicted octanol–water partition coefficient (Wildman–Crippen LogP) is 4.04. The van der Waals surface area contributed by atoms with Gasteiger partial charge in [-0.25, -0.2) is 0 Å². The van der Waals surface area contributed by atoms with Crippen molar-refractivity contribution in [3.05, 3.63) is 34.3 Å². The van der Waals surface area contributed by atoms with Crippen LogP contribution in [0, 0.1) is 5.41 Å². The van der Waals surface area contributed by atoms with E-state index in [1.54, 1.807) is 0 Å². The van der Waals surface area contributed by atoms with Crippen LogP contribution in [0.2, 0.25) is 0 Å². The van der Waals surface area contributed by atoms with Crippen LogP contribution in [0.15, 0.2) is 28.7 Å². The van der Waals surface area contributed by atoms with Crippen LogP contribution in [0.25, 0.3) is 0 Å². The van der Waals surface area contributed by atoms with Crippen molar-refractivity contribution in [2.75, 3.05) is 13.2 Å². The van der Waals surface area contributed by atoms with E-state index in [-0.39, 0.29) is 5.41 Å². The molecule has 0 aliphatic heterocycles. The fraction of sp³-hybridized carbons (Fsp3) is 0.625. The molecule has 2 nitrogen and oxygen atoms in total. The normalized spacial score (nSPS) is 20.2. The van der Waals surface area contributed by atoms with E-state index >= 15 is 0 Å². The molecule has 0 radical (unpaired) electrons. The summed E-state index contributed by atoms with van der Waals surface area (Å²) in [6.07, 6.45) is 6.15. The average Bonchev–Trinajstić information content (AvgIpc) is 2.46. The number of rotatable bonds is 5. The van der Waals surface area contributed by atoms with Gasteiger partial charge in [-0.05, 0) is 37.5 Å². The summed E-state index contributed by atoms with van der Waals surface area (Å²) >= 11 is 3.46. The Hall–Kier alpha value is -0.380. The molecule has 0 unspecified atom stereocenters. The molecule has 0 bridgehead atoms. The van der Waals surface area contributed by atoms with Crippen LogP contribution in [-0.2, 0) is 0 Å². The van der Waals surface area contributed by atoms with E-state index in [0.717, 1.165) is 23.9 Å². The van der Waals surface area contributed by atoms with Crippen LogP contribution in [0.4, 0.5) is 0 Å². The SMILES string of the molecule is C[C@H](NCC1(CO)CCCCC1)c1ccc(Br)cc1. The third-order valence-corrected chi connectivity index (χ3v) is 4.93. The van der Waals surface area contributed by atoms with Crippen molar-refractivity contribution in [3.8, 4) is 0 Å². The molecule has 1 aliphatic carbocycles.